The predicted octanol–water partition coefficient (Wildman–Crippen LogP) is 2.60. The number of amides is 1. The van der Waals surface area contributed by atoms with Gasteiger partial charge < -0.3 is 5.32 Å². The van der Waals surface area contributed by atoms with Crippen LogP contribution in [0, 0.1) is 12.3 Å². The van der Waals surface area contributed by atoms with Crippen LogP contribution in [0.15, 0.2) is 17.5 Å². The third-order valence-corrected chi connectivity index (χ3v) is 3.29. The molecule has 1 aromatic rings. The summed E-state index contributed by atoms with van der Waals surface area (Å²) in [5, 5.41) is 4.88. The Hall–Kier alpha value is -1.27. The molecule has 1 aromatic heterocycles. The smallest absolute Gasteiger partial charge is 0.220 e. The quantitative estimate of drug-likeness (QED) is 0.754. The second kappa shape index (κ2) is 7.08. The van der Waals surface area contributed by atoms with E-state index in [1.165, 1.54) is 4.88 Å². The molecule has 2 nitrogen and oxygen atoms in total. The lowest BCUT2D eigenvalue weighted by Crippen LogP contribution is -2.32. The summed E-state index contributed by atoms with van der Waals surface area (Å²) in [5.41, 5.74) is 0. The number of nitrogens with one attached hydrogen (secondary N) is 1. The second-order valence-corrected chi connectivity index (χ2v) is 4.66. The van der Waals surface area contributed by atoms with Crippen molar-refractivity contribution in [1.29, 1.82) is 0 Å². The van der Waals surface area contributed by atoms with Crippen LogP contribution in [0.1, 0.15) is 31.1 Å². The largest absolute Gasteiger partial charge is 0.342 e. The first-order valence-electron chi connectivity index (χ1n) is 5.54. The number of carbonyl (C=O) groups is 1. The molecule has 0 aromatic carbocycles. The Morgan fingerprint density at radius 1 is 1.69 bits per heavy atom. The van der Waals surface area contributed by atoms with E-state index in [1.54, 1.807) is 11.3 Å². The Kier molecular flexibility index (Phi) is 5.66. The van der Waals surface area contributed by atoms with Crippen molar-refractivity contribution in [3.8, 4) is 12.3 Å². The zero-order valence-corrected chi connectivity index (χ0v) is 10.3. The van der Waals surface area contributed by atoms with Gasteiger partial charge in [0.15, 0.2) is 0 Å². The number of hydrogen-bond acceptors (Lipinski definition) is 2. The fraction of sp³-hybridized carbons (Fsp3) is 0.462. The summed E-state index contributed by atoms with van der Waals surface area (Å²) in [5.74, 6) is 2.61. The highest BCUT2D eigenvalue weighted by Gasteiger charge is 2.06. The molecule has 86 valence electrons. The van der Waals surface area contributed by atoms with E-state index in [1.807, 2.05) is 13.0 Å². The molecule has 3 heteroatoms. The molecule has 1 atom stereocenters. The highest BCUT2D eigenvalue weighted by Crippen LogP contribution is 2.11. The fourth-order valence-corrected chi connectivity index (χ4v) is 2.16. The van der Waals surface area contributed by atoms with Crippen LogP contribution in [0.4, 0.5) is 0 Å². The zero-order chi connectivity index (χ0) is 11.8. The van der Waals surface area contributed by atoms with E-state index in [4.69, 9.17) is 6.42 Å². The van der Waals surface area contributed by atoms with Crippen molar-refractivity contribution >= 4 is 17.2 Å². The van der Waals surface area contributed by atoms with Crippen molar-refractivity contribution < 1.29 is 4.79 Å². The average Bonchev–Trinajstić information content (AvgIpc) is 2.79. The first-order valence-corrected chi connectivity index (χ1v) is 6.42. The van der Waals surface area contributed by atoms with Gasteiger partial charge in [0.1, 0.15) is 0 Å². The van der Waals surface area contributed by atoms with Crippen LogP contribution in [0.5, 0.6) is 0 Å². The number of carbonyl (C=O) groups excluding carboxylic acids is 1. The highest BCUT2D eigenvalue weighted by molar-refractivity contribution is 7.09. The first-order chi connectivity index (χ1) is 7.76. The van der Waals surface area contributed by atoms with Gasteiger partial charge in [0.25, 0.3) is 0 Å². The molecule has 0 aliphatic rings. The molecule has 0 saturated carbocycles. The van der Waals surface area contributed by atoms with Crippen LogP contribution in [-0.2, 0) is 11.2 Å². The van der Waals surface area contributed by atoms with E-state index in [0.717, 1.165) is 19.3 Å². The standard InChI is InChI=1S/C13H17NOS/c1-3-11(4-2)14-13(15)9-5-7-12-8-6-10-16-12/h1,6,8,10-11H,4-5,7,9H2,2H3,(H,14,15). The van der Waals surface area contributed by atoms with Gasteiger partial charge in [-0.3, -0.25) is 4.79 Å². The van der Waals surface area contributed by atoms with E-state index >= 15 is 0 Å². The van der Waals surface area contributed by atoms with Crippen molar-refractivity contribution in [1.82, 2.24) is 5.32 Å². The summed E-state index contributed by atoms with van der Waals surface area (Å²) in [6.07, 6.45) is 8.46. The number of rotatable bonds is 6. The van der Waals surface area contributed by atoms with Crippen LogP contribution >= 0.6 is 11.3 Å². The van der Waals surface area contributed by atoms with Crippen molar-refractivity contribution in [2.45, 2.75) is 38.6 Å². The Morgan fingerprint density at radius 3 is 3.06 bits per heavy atom. The van der Waals surface area contributed by atoms with Crippen LogP contribution < -0.4 is 5.32 Å². The third kappa shape index (κ3) is 4.50. The topological polar surface area (TPSA) is 29.1 Å². The van der Waals surface area contributed by atoms with E-state index < -0.39 is 0 Å². The predicted molar refractivity (Wildman–Crippen MR) is 68.3 cm³/mol. The highest BCUT2D eigenvalue weighted by atomic mass is 32.1. The average molecular weight is 235 g/mol. The minimum absolute atomic E-state index is 0.0568. The van der Waals surface area contributed by atoms with Gasteiger partial charge in [-0.25, -0.2) is 0 Å². The van der Waals surface area contributed by atoms with Crippen LogP contribution in [0.25, 0.3) is 0 Å². The van der Waals surface area contributed by atoms with Crippen molar-refractivity contribution in [2.24, 2.45) is 0 Å². The second-order valence-electron chi connectivity index (χ2n) is 3.63. The van der Waals surface area contributed by atoms with E-state index in [9.17, 15) is 4.79 Å². The maximum Gasteiger partial charge on any atom is 0.220 e. The summed E-state index contributed by atoms with van der Waals surface area (Å²) in [6, 6.07) is 4.01. The zero-order valence-electron chi connectivity index (χ0n) is 9.53. The summed E-state index contributed by atoms with van der Waals surface area (Å²) in [7, 11) is 0. The molecule has 1 amide bonds. The lowest BCUT2D eigenvalue weighted by molar-refractivity contribution is -0.121. The molecule has 1 N–H and O–H groups in total. The number of aryl methyl sites for hydroxylation is 1. The molecule has 1 heterocycles. The summed E-state index contributed by atoms with van der Waals surface area (Å²) < 4.78 is 0. The van der Waals surface area contributed by atoms with Gasteiger partial charge in [-0.15, -0.1) is 17.8 Å². The lowest BCUT2D eigenvalue weighted by atomic mass is 10.2. The number of thiophene rings is 1. The first kappa shape index (κ1) is 12.8. The minimum Gasteiger partial charge on any atom is -0.342 e. The van der Waals surface area contributed by atoms with Gasteiger partial charge in [-0.1, -0.05) is 18.9 Å². The molecule has 0 radical (unpaired) electrons. The van der Waals surface area contributed by atoms with Crippen LogP contribution in [-0.4, -0.2) is 11.9 Å². The molecule has 1 rings (SSSR count). The molecular formula is C13H17NOS. The normalized spacial score (nSPS) is 11.8. The Balaban J connectivity index is 2.18. The SMILES string of the molecule is C#CC(CC)NC(=O)CCCc1cccs1. The number of terminal acetylenes is 1. The van der Waals surface area contributed by atoms with Gasteiger partial charge >= 0.3 is 0 Å². The molecule has 0 bridgehead atoms. The number of hydrogen-bond donors (Lipinski definition) is 1. The van der Waals surface area contributed by atoms with E-state index in [-0.39, 0.29) is 11.9 Å². The van der Waals surface area contributed by atoms with Gasteiger partial charge in [-0.2, -0.15) is 0 Å². The third-order valence-electron chi connectivity index (χ3n) is 2.35. The Morgan fingerprint density at radius 2 is 2.50 bits per heavy atom. The van der Waals surface area contributed by atoms with Crippen molar-refractivity contribution in [2.75, 3.05) is 0 Å². The Bertz CT molecular complexity index is 351. The van der Waals surface area contributed by atoms with E-state index in [2.05, 4.69) is 22.7 Å². The maximum atomic E-state index is 11.5. The molecule has 16 heavy (non-hydrogen) atoms. The Labute approximate surface area is 101 Å². The van der Waals surface area contributed by atoms with Gasteiger partial charge in [0.05, 0.1) is 6.04 Å². The molecule has 1 unspecified atom stereocenters. The monoisotopic (exact) mass is 235 g/mol. The van der Waals surface area contributed by atoms with Gasteiger partial charge in [-0.05, 0) is 30.7 Å². The van der Waals surface area contributed by atoms with Crippen LogP contribution in [0.3, 0.4) is 0 Å². The van der Waals surface area contributed by atoms with Crippen molar-refractivity contribution in [3.63, 3.8) is 0 Å². The maximum absolute atomic E-state index is 11.5. The summed E-state index contributed by atoms with van der Waals surface area (Å²) >= 11 is 1.73. The van der Waals surface area contributed by atoms with E-state index in [0.29, 0.717) is 6.42 Å². The van der Waals surface area contributed by atoms with Crippen LogP contribution in [0.2, 0.25) is 0 Å². The molecule has 0 aliphatic heterocycles. The summed E-state index contributed by atoms with van der Waals surface area (Å²) in [4.78, 5) is 12.8. The van der Waals surface area contributed by atoms with Gasteiger partial charge in [0, 0.05) is 11.3 Å². The van der Waals surface area contributed by atoms with Gasteiger partial charge in [0.2, 0.25) is 5.91 Å². The molecule has 0 fully saturated rings. The minimum atomic E-state index is -0.116. The molecular weight excluding hydrogens is 218 g/mol. The lowest BCUT2D eigenvalue weighted by Gasteiger charge is -2.10. The molecule has 0 saturated heterocycles. The van der Waals surface area contributed by atoms with Crippen molar-refractivity contribution in [3.05, 3.63) is 22.4 Å². The summed E-state index contributed by atoms with van der Waals surface area (Å²) in [6.45, 7) is 1.97. The molecule has 0 spiro atoms. The molecule has 0 aliphatic carbocycles. The fourth-order valence-electron chi connectivity index (χ4n) is 1.41.